The van der Waals surface area contributed by atoms with Crippen molar-refractivity contribution in [2.75, 3.05) is 17.6 Å². The normalized spacial score (nSPS) is 10.5. The lowest BCUT2D eigenvalue weighted by Crippen LogP contribution is -2.16. The SMILES string of the molecule is NCCn1nnnc1SCC(=O)Nc1cccc(Cl)c1. The van der Waals surface area contributed by atoms with Crippen molar-refractivity contribution < 1.29 is 4.79 Å². The molecular formula is C11H13ClN6OS. The molecule has 20 heavy (non-hydrogen) atoms. The van der Waals surface area contributed by atoms with Crippen LogP contribution in [0, 0.1) is 0 Å². The van der Waals surface area contributed by atoms with Crippen LogP contribution in [0.4, 0.5) is 5.69 Å². The maximum Gasteiger partial charge on any atom is 0.234 e. The highest BCUT2D eigenvalue weighted by atomic mass is 35.5. The number of halogens is 1. The first kappa shape index (κ1) is 14.8. The third-order valence-corrected chi connectivity index (χ3v) is 3.47. The van der Waals surface area contributed by atoms with Crippen LogP contribution in [0.3, 0.4) is 0 Å². The molecule has 0 atom stereocenters. The molecule has 0 aliphatic carbocycles. The second-order valence-electron chi connectivity index (χ2n) is 3.82. The first-order valence-electron chi connectivity index (χ1n) is 5.83. The number of hydrogen-bond acceptors (Lipinski definition) is 6. The molecule has 0 radical (unpaired) electrons. The van der Waals surface area contributed by atoms with E-state index in [1.165, 1.54) is 11.8 Å². The van der Waals surface area contributed by atoms with E-state index in [-0.39, 0.29) is 11.7 Å². The van der Waals surface area contributed by atoms with Gasteiger partial charge in [-0.25, -0.2) is 4.68 Å². The molecule has 0 bridgehead atoms. The largest absolute Gasteiger partial charge is 0.329 e. The molecule has 2 aromatic rings. The maximum atomic E-state index is 11.8. The summed E-state index contributed by atoms with van der Waals surface area (Å²) in [7, 11) is 0. The molecule has 0 saturated carbocycles. The number of aromatic nitrogens is 4. The van der Waals surface area contributed by atoms with Gasteiger partial charge in [0.15, 0.2) is 0 Å². The summed E-state index contributed by atoms with van der Waals surface area (Å²) < 4.78 is 1.57. The van der Waals surface area contributed by atoms with Crippen molar-refractivity contribution in [2.45, 2.75) is 11.7 Å². The van der Waals surface area contributed by atoms with E-state index in [1.807, 2.05) is 0 Å². The first-order chi connectivity index (χ1) is 9.69. The van der Waals surface area contributed by atoms with Crippen molar-refractivity contribution >= 4 is 35.0 Å². The number of anilines is 1. The van der Waals surface area contributed by atoms with Crippen LogP contribution in [-0.2, 0) is 11.3 Å². The lowest BCUT2D eigenvalue weighted by atomic mass is 10.3. The van der Waals surface area contributed by atoms with Gasteiger partial charge in [-0.2, -0.15) is 0 Å². The second kappa shape index (κ2) is 7.22. The van der Waals surface area contributed by atoms with Crippen LogP contribution in [0.15, 0.2) is 29.4 Å². The minimum atomic E-state index is -0.153. The van der Waals surface area contributed by atoms with Crippen LogP contribution in [0.1, 0.15) is 0 Å². The fourth-order valence-electron chi connectivity index (χ4n) is 1.46. The third kappa shape index (κ3) is 4.19. The molecule has 1 aromatic heterocycles. The highest BCUT2D eigenvalue weighted by Crippen LogP contribution is 2.17. The summed E-state index contributed by atoms with van der Waals surface area (Å²) >= 11 is 7.10. The molecule has 3 N–H and O–H groups in total. The number of amides is 1. The molecule has 1 heterocycles. The van der Waals surface area contributed by atoms with E-state index in [2.05, 4.69) is 20.8 Å². The summed E-state index contributed by atoms with van der Waals surface area (Å²) in [6.45, 7) is 0.957. The Labute approximate surface area is 124 Å². The fraction of sp³-hybridized carbons (Fsp3) is 0.273. The highest BCUT2D eigenvalue weighted by molar-refractivity contribution is 7.99. The van der Waals surface area contributed by atoms with E-state index in [9.17, 15) is 4.79 Å². The van der Waals surface area contributed by atoms with Gasteiger partial charge >= 0.3 is 0 Å². The summed E-state index contributed by atoms with van der Waals surface area (Å²) in [5.41, 5.74) is 6.10. The smallest absolute Gasteiger partial charge is 0.234 e. The molecule has 0 saturated heterocycles. The summed E-state index contributed by atoms with van der Waals surface area (Å²) in [5, 5.41) is 15.1. The Hall–Kier alpha value is -1.64. The number of carbonyl (C=O) groups is 1. The van der Waals surface area contributed by atoms with E-state index < -0.39 is 0 Å². The molecule has 0 spiro atoms. The molecule has 1 amide bonds. The van der Waals surface area contributed by atoms with Gasteiger partial charge in [0.25, 0.3) is 0 Å². The summed E-state index contributed by atoms with van der Waals surface area (Å²) in [5.74, 6) is 0.0526. The topological polar surface area (TPSA) is 98.7 Å². The van der Waals surface area contributed by atoms with Crippen molar-refractivity contribution in [3.05, 3.63) is 29.3 Å². The summed E-state index contributed by atoms with van der Waals surface area (Å²) in [6.07, 6.45) is 0. The Morgan fingerprint density at radius 1 is 1.50 bits per heavy atom. The number of rotatable bonds is 6. The lowest BCUT2D eigenvalue weighted by Gasteiger charge is -2.05. The van der Waals surface area contributed by atoms with Crippen LogP contribution in [-0.4, -0.2) is 38.4 Å². The summed E-state index contributed by atoms with van der Waals surface area (Å²) in [4.78, 5) is 11.8. The molecule has 7 nitrogen and oxygen atoms in total. The number of benzene rings is 1. The van der Waals surface area contributed by atoms with Gasteiger partial charge in [-0.15, -0.1) is 5.10 Å². The monoisotopic (exact) mass is 312 g/mol. The molecule has 2 rings (SSSR count). The predicted molar refractivity (Wildman–Crippen MR) is 77.7 cm³/mol. The van der Waals surface area contributed by atoms with Gasteiger partial charge in [-0.05, 0) is 28.6 Å². The lowest BCUT2D eigenvalue weighted by molar-refractivity contribution is -0.113. The Bertz CT molecular complexity index is 590. The minimum absolute atomic E-state index is 0.153. The van der Waals surface area contributed by atoms with Gasteiger partial charge in [0.1, 0.15) is 0 Å². The van der Waals surface area contributed by atoms with Gasteiger partial charge in [-0.3, -0.25) is 4.79 Å². The van der Waals surface area contributed by atoms with Crippen LogP contribution in [0.2, 0.25) is 5.02 Å². The van der Waals surface area contributed by atoms with Crippen molar-refractivity contribution in [2.24, 2.45) is 5.73 Å². The molecule has 106 valence electrons. The molecule has 1 aromatic carbocycles. The number of thioether (sulfide) groups is 1. The quantitative estimate of drug-likeness (QED) is 0.773. The first-order valence-corrected chi connectivity index (χ1v) is 7.20. The Kier molecular flexibility index (Phi) is 5.33. The zero-order valence-corrected chi connectivity index (χ0v) is 12.1. The minimum Gasteiger partial charge on any atom is -0.329 e. The van der Waals surface area contributed by atoms with Crippen molar-refractivity contribution in [3.63, 3.8) is 0 Å². The van der Waals surface area contributed by atoms with Crippen molar-refractivity contribution in [1.29, 1.82) is 0 Å². The second-order valence-corrected chi connectivity index (χ2v) is 5.20. The Morgan fingerprint density at radius 3 is 3.10 bits per heavy atom. The molecule has 0 aliphatic rings. The van der Waals surface area contributed by atoms with E-state index in [0.29, 0.717) is 29.0 Å². The van der Waals surface area contributed by atoms with Gasteiger partial charge in [-0.1, -0.05) is 29.4 Å². The predicted octanol–water partition coefficient (Wildman–Crippen LogP) is 1.02. The number of tetrazole rings is 1. The molecule has 0 aliphatic heterocycles. The van der Waals surface area contributed by atoms with Crippen LogP contribution >= 0.6 is 23.4 Å². The fourth-order valence-corrected chi connectivity index (χ4v) is 2.35. The third-order valence-electron chi connectivity index (χ3n) is 2.28. The molecule has 0 unspecified atom stereocenters. The zero-order valence-electron chi connectivity index (χ0n) is 10.5. The Balaban J connectivity index is 1.87. The van der Waals surface area contributed by atoms with Crippen LogP contribution in [0.25, 0.3) is 0 Å². The van der Waals surface area contributed by atoms with Gasteiger partial charge < -0.3 is 11.1 Å². The number of carbonyl (C=O) groups excluding carboxylic acids is 1. The van der Waals surface area contributed by atoms with Crippen LogP contribution in [0.5, 0.6) is 0 Å². The number of nitrogens with zero attached hydrogens (tertiary/aromatic N) is 4. The highest BCUT2D eigenvalue weighted by Gasteiger charge is 2.09. The van der Waals surface area contributed by atoms with E-state index in [4.69, 9.17) is 17.3 Å². The molecular weight excluding hydrogens is 300 g/mol. The van der Waals surface area contributed by atoms with Gasteiger partial charge in [0.05, 0.1) is 12.3 Å². The Morgan fingerprint density at radius 2 is 2.35 bits per heavy atom. The standard InChI is InChI=1S/C11H13ClN6OS/c12-8-2-1-3-9(6-8)14-10(19)7-20-11-15-16-17-18(11)5-4-13/h1-3,6H,4-5,7,13H2,(H,14,19). The number of nitrogens with one attached hydrogen (secondary N) is 1. The number of hydrogen-bond donors (Lipinski definition) is 2. The van der Waals surface area contributed by atoms with Gasteiger partial charge in [0, 0.05) is 17.3 Å². The summed E-state index contributed by atoms with van der Waals surface area (Å²) in [6, 6.07) is 6.97. The average Bonchev–Trinajstić information content (AvgIpc) is 2.84. The molecule has 9 heteroatoms. The van der Waals surface area contributed by atoms with E-state index >= 15 is 0 Å². The van der Waals surface area contributed by atoms with Crippen molar-refractivity contribution in [3.8, 4) is 0 Å². The molecule has 0 fully saturated rings. The average molecular weight is 313 g/mol. The zero-order chi connectivity index (χ0) is 14.4. The van der Waals surface area contributed by atoms with E-state index in [0.717, 1.165) is 0 Å². The van der Waals surface area contributed by atoms with Gasteiger partial charge in [0.2, 0.25) is 11.1 Å². The maximum absolute atomic E-state index is 11.8. The van der Waals surface area contributed by atoms with Crippen LogP contribution < -0.4 is 11.1 Å². The van der Waals surface area contributed by atoms with Crippen molar-refractivity contribution in [1.82, 2.24) is 20.2 Å². The van der Waals surface area contributed by atoms with E-state index in [1.54, 1.807) is 28.9 Å². The number of nitrogens with two attached hydrogens (primary N) is 1.